The van der Waals surface area contributed by atoms with Gasteiger partial charge in [0.1, 0.15) is 5.15 Å². The summed E-state index contributed by atoms with van der Waals surface area (Å²) >= 11 is 18.5. The average molecular weight is 445 g/mol. The van der Waals surface area contributed by atoms with Crippen LogP contribution in [0.3, 0.4) is 0 Å². The van der Waals surface area contributed by atoms with Crippen LogP contribution in [0.2, 0.25) is 15.2 Å². The predicted octanol–water partition coefficient (Wildman–Crippen LogP) is 4.28. The summed E-state index contributed by atoms with van der Waals surface area (Å²) in [6, 6.07) is 5.16. The largest absolute Gasteiger partial charge is 0.452 e. The number of benzene rings is 1. The van der Waals surface area contributed by atoms with Gasteiger partial charge in [-0.05, 0) is 44.5 Å². The third-order valence-corrected chi connectivity index (χ3v) is 4.61. The second-order valence-corrected chi connectivity index (χ2v) is 7.55. The lowest BCUT2D eigenvalue weighted by molar-refractivity contribution is -0.143. The van der Waals surface area contributed by atoms with Crippen molar-refractivity contribution < 1.29 is 14.3 Å². The summed E-state index contributed by atoms with van der Waals surface area (Å²) in [7, 11) is 0. The minimum Gasteiger partial charge on any atom is -0.452 e. The van der Waals surface area contributed by atoms with Crippen LogP contribution in [0.25, 0.3) is 6.08 Å². The van der Waals surface area contributed by atoms with Crippen LogP contribution >= 0.6 is 34.8 Å². The van der Waals surface area contributed by atoms with Crippen molar-refractivity contribution in [2.75, 3.05) is 6.61 Å². The van der Waals surface area contributed by atoms with Crippen molar-refractivity contribution in [3.63, 3.8) is 0 Å². The number of nitrogens with one attached hydrogen (secondary N) is 1. The number of aryl methyl sites for hydroxylation is 1. The fourth-order valence-corrected chi connectivity index (χ4v) is 3.14. The lowest BCUT2D eigenvalue weighted by Gasteiger charge is -2.07. The molecule has 0 fully saturated rings. The average Bonchev–Trinajstić information content (AvgIpc) is 2.86. The van der Waals surface area contributed by atoms with E-state index < -0.39 is 5.97 Å². The highest BCUT2D eigenvalue weighted by Crippen LogP contribution is 2.26. The van der Waals surface area contributed by atoms with Crippen molar-refractivity contribution in [1.29, 1.82) is 0 Å². The predicted molar refractivity (Wildman–Crippen MR) is 111 cm³/mol. The third kappa shape index (κ3) is 6.26. The van der Waals surface area contributed by atoms with Crippen molar-refractivity contribution in [2.24, 2.45) is 0 Å². The zero-order valence-corrected chi connectivity index (χ0v) is 17.9. The Labute approximate surface area is 178 Å². The van der Waals surface area contributed by atoms with E-state index in [4.69, 9.17) is 39.5 Å². The molecule has 0 aliphatic rings. The molecular formula is C19H20Cl3N3O3. The monoisotopic (exact) mass is 443 g/mol. The SMILES string of the molecule is Cc1nn(Cc2ccc(Cl)cc2Cl)c(Cl)c1/C=C/C(=O)OCC(=O)NC(C)C. The molecule has 0 atom stereocenters. The molecule has 0 aliphatic heterocycles. The fourth-order valence-electron chi connectivity index (χ4n) is 2.37. The van der Waals surface area contributed by atoms with Crippen molar-refractivity contribution in [3.8, 4) is 0 Å². The molecule has 0 saturated heterocycles. The van der Waals surface area contributed by atoms with Gasteiger partial charge in [-0.25, -0.2) is 9.48 Å². The number of hydrogen-bond donors (Lipinski definition) is 1. The van der Waals surface area contributed by atoms with Crippen LogP contribution in [0.5, 0.6) is 0 Å². The Morgan fingerprint density at radius 2 is 2.00 bits per heavy atom. The summed E-state index contributed by atoms with van der Waals surface area (Å²) in [6.45, 7) is 5.41. The van der Waals surface area contributed by atoms with Crippen LogP contribution in [0, 0.1) is 6.92 Å². The van der Waals surface area contributed by atoms with Crippen LogP contribution in [-0.4, -0.2) is 34.3 Å². The third-order valence-electron chi connectivity index (χ3n) is 3.63. The molecule has 1 aromatic carbocycles. The van der Waals surface area contributed by atoms with Gasteiger partial charge in [0.25, 0.3) is 5.91 Å². The van der Waals surface area contributed by atoms with Gasteiger partial charge >= 0.3 is 5.97 Å². The van der Waals surface area contributed by atoms with Gasteiger partial charge in [-0.1, -0.05) is 40.9 Å². The Bertz CT molecular complexity index is 907. The van der Waals surface area contributed by atoms with Crippen LogP contribution < -0.4 is 5.32 Å². The molecule has 9 heteroatoms. The van der Waals surface area contributed by atoms with Crippen molar-refractivity contribution in [2.45, 2.75) is 33.4 Å². The van der Waals surface area contributed by atoms with Crippen molar-refractivity contribution >= 4 is 52.8 Å². The minimum atomic E-state index is -0.650. The lowest BCUT2D eigenvalue weighted by atomic mass is 10.2. The van der Waals surface area contributed by atoms with E-state index >= 15 is 0 Å². The molecule has 0 spiro atoms. The maximum atomic E-state index is 11.8. The van der Waals surface area contributed by atoms with Gasteiger partial charge in [0.15, 0.2) is 6.61 Å². The highest BCUT2D eigenvalue weighted by atomic mass is 35.5. The summed E-state index contributed by atoms with van der Waals surface area (Å²) in [5, 5.41) is 8.42. The Hall–Kier alpha value is -2.02. The Kier molecular flexibility index (Phi) is 7.92. The fraction of sp³-hybridized carbons (Fsp3) is 0.316. The van der Waals surface area contributed by atoms with Gasteiger partial charge < -0.3 is 10.1 Å². The first-order valence-electron chi connectivity index (χ1n) is 8.48. The highest BCUT2D eigenvalue weighted by Gasteiger charge is 2.14. The molecule has 0 bridgehead atoms. The molecular weight excluding hydrogens is 425 g/mol. The number of carbonyl (C=O) groups excluding carboxylic acids is 2. The van der Waals surface area contributed by atoms with Crippen LogP contribution in [0.15, 0.2) is 24.3 Å². The van der Waals surface area contributed by atoms with E-state index in [1.54, 1.807) is 29.8 Å². The molecule has 0 radical (unpaired) electrons. The van der Waals surface area contributed by atoms with Crippen molar-refractivity contribution in [1.82, 2.24) is 15.1 Å². The number of hydrogen-bond acceptors (Lipinski definition) is 4. The molecule has 150 valence electrons. The van der Waals surface area contributed by atoms with Crippen LogP contribution in [0.4, 0.5) is 0 Å². The van der Waals surface area contributed by atoms with E-state index in [2.05, 4.69) is 10.4 Å². The number of halogens is 3. The first-order valence-corrected chi connectivity index (χ1v) is 9.61. The zero-order chi connectivity index (χ0) is 20.8. The molecule has 28 heavy (non-hydrogen) atoms. The summed E-state index contributed by atoms with van der Waals surface area (Å²) in [5.41, 5.74) is 2.02. The molecule has 0 saturated carbocycles. The second-order valence-electron chi connectivity index (χ2n) is 6.35. The Morgan fingerprint density at radius 1 is 1.29 bits per heavy atom. The van der Waals surface area contributed by atoms with E-state index in [1.807, 2.05) is 13.8 Å². The number of amides is 1. The summed E-state index contributed by atoms with van der Waals surface area (Å²) in [4.78, 5) is 23.3. The maximum Gasteiger partial charge on any atom is 0.331 e. The van der Waals surface area contributed by atoms with E-state index in [9.17, 15) is 9.59 Å². The standard InChI is InChI=1S/C19H20Cl3N3O3/c1-11(2)23-17(26)10-28-18(27)7-6-15-12(3)24-25(19(15)22)9-13-4-5-14(20)8-16(13)21/h4-8,11H,9-10H2,1-3H3,(H,23,26)/b7-6+. The Morgan fingerprint density at radius 3 is 2.64 bits per heavy atom. The first kappa shape index (κ1) is 22.3. The van der Waals surface area contributed by atoms with Gasteiger partial charge in [-0.15, -0.1) is 0 Å². The molecule has 1 aromatic heterocycles. The molecule has 1 heterocycles. The summed E-state index contributed by atoms with van der Waals surface area (Å²) < 4.78 is 6.47. The lowest BCUT2D eigenvalue weighted by Crippen LogP contribution is -2.33. The molecule has 0 unspecified atom stereocenters. The summed E-state index contributed by atoms with van der Waals surface area (Å²) in [5.74, 6) is -1.01. The van der Waals surface area contributed by atoms with Gasteiger partial charge in [0.2, 0.25) is 0 Å². The van der Waals surface area contributed by atoms with Crippen LogP contribution in [0.1, 0.15) is 30.7 Å². The van der Waals surface area contributed by atoms with Gasteiger partial charge in [0.05, 0.1) is 12.2 Å². The van der Waals surface area contributed by atoms with Crippen LogP contribution in [-0.2, 0) is 20.9 Å². The first-order chi connectivity index (χ1) is 13.2. The number of nitrogens with zero attached hydrogens (tertiary/aromatic N) is 2. The van der Waals surface area contributed by atoms with Crippen molar-refractivity contribution in [3.05, 3.63) is 56.3 Å². The van der Waals surface area contributed by atoms with Gasteiger partial charge in [-0.2, -0.15) is 5.10 Å². The Balaban J connectivity index is 2.05. The van der Waals surface area contributed by atoms with Gasteiger partial charge in [-0.3, -0.25) is 4.79 Å². The molecule has 2 aromatic rings. The molecule has 0 aliphatic carbocycles. The quantitative estimate of drug-likeness (QED) is 0.511. The number of aromatic nitrogens is 2. The number of ether oxygens (including phenoxy) is 1. The molecule has 6 nitrogen and oxygen atoms in total. The second kappa shape index (κ2) is 9.96. The minimum absolute atomic E-state index is 0.0248. The number of esters is 1. The zero-order valence-electron chi connectivity index (χ0n) is 15.6. The van der Waals surface area contributed by atoms with E-state index in [0.29, 0.717) is 33.0 Å². The smallest absolute Gasteiger partial charge is 0.331 e. The number of rotatable bonds is 7. The topological polar surface area (TPSA) is 73.2 Å². The maximum absolute atomic E-state index is 11.8. The van der Waals surface area contributed by atoms with E-state index in [-0.39, 0.29) is 18.6 Å². The highest BCUT2D eigenvalue weighted by molar-refractivity contribution is 6.35. The van der Waals surface area contributed by atoms with E-state index in [0.717, 1.165) is 5.56 Å². The van der Waals surface area contributed by atoms with E-state index in [1.165, 1.54) is 12.2 Å². The molecule has 1 N–H and O–H groups in total. The molecule has 1 amide bonds. The number of carbonyl (C=O) groups is 2. The van der Waals surface area contributed by atoms with Gasteiger partial charge in [0, 0.05) is 27.7 Å². The summed E-state index contributed by atoms with van der Waals surface area (Å²) in [6.07, 6.45) is 2.71. The molecule has 2 rings (SSSR count). The normalized spacial score (nSPS) is 11.2.